The molecule has 21 nitrogen and oxygen atoms in total. The minimum Gasteiger partial charge on any atom is -0.873 e. The Hall–Kier alpha value is -4.45. The predicted octanol–water partition coefficient (Wildman–Crippen LogP) is -4.22. The van der Waals surface area contributed by atoms with Crippen molar-refractivity contribution in [3.8, 4) is 34.5 Å². The van der Waals surface area contributed by atoms with Gasteiger partial charge in [0.05, 0.1) is 0 Å². The largest absolute Gasteiger partial charge is 3.00 e. The van der Waals surface area contributed by atoms with Gasteiger partial charge in [0, 0.05) is 16.7 Å². The van der Waals surface area contributed by atoms with Crippen LogP contribution in [0, 0.1) is 0 Å². The molecular formula is C42H72Fe2N12O9. The molecule has 0 unspecified atom stereocenters. The van der Waals surface area contributed by atoms with Crippen LogP contribution in [0.5, 0.6) is 34.5 Å². The van der Waals surface area contributed by atoms with Crippen molar-refractivity contribution in [1.29, 1.82) is 0 Å². The fourth-order valence-electron chi connectivity index (χ4n) is 4.37. The molecule has 370 valence electrons. The van der Waals surface area contributed by atoms with Crippen molar-refractivity contribution in [2.75, 3.05) is 78.5 Å². The summed E-state index contributed by atoms with van der Waals surface area (Å²) >= 11 is 0. The molecule has 0 heterocycles. The topological polar surface area (TPSA) is 460 Å². The fourth-order valence-corrected chi connectivity index (χ4v) is 4.37. The van der Waals surface area contributed by atoms with E-state index >= 15 is 0 Å². The molecule has 0 atom stereocenters. The Labute approximate surface area is 404 Å². The number of rotatable bonds is 24. The average molecular weight is 1000 g/mol. The summed E-state index contributed by atoms with van der Waals surface area (Å²) in [5, 5.41) is 74.1. The van der Waals surface area contributed by atoms with Crippen LogP contribution in [0.3, 0.4) is 0 Å². The van der Waals surface area contributed by atoms with Crippen molar-refractivity contribution >= 4 is 17.7 Å². The van der Waals surface area contributed by atoms with E-state index in [1.807, 2.05) is 0 Å². The molecular weight excluding hydrogens is 928 g/mol. The molecule has 0 aliphatic carbocycles. The number of unbranched alkanes of at least 4 members (excludes halogenated alkanes) is 3. The van der Waals surface area contributed by atoms with Crippen LogP contribution in [-0.2, 0) is 34.1 Å². The number of nitrogens with one attached hydrogen (secondary N) is 3. The van der Waals surface area contributed by atoms with E-state index in [2.05, 4.69) is 16.0 Å². The van der Waals surface area contributed by atoms with Gasteiger partial charge in [0.15, 0.2) is 0 Å². The van der Waals surface area contributed by atoms with Crippen molar-refractivity contribution in [2.45, 2.75) is 57.8 Å². The maximum atomic E-state index is 10.8. The Morgan fingerprint density at radius 1 is 0.354 bits per heavy atom. The molecule has 0 aliphatic heterocycles. The zero-order chi connectivity index (χ0) is 48.3. The van der Waals surface area contributed by atoms with Gasteiger partial charge in [-0.05, 0) is 136 Å². The van der Waals surface area contributed by atoms with Crippen molar-refractivity contribution in [3.05, 3.63) is 71.3 Å². The molecule has 3 rings (SSSR count). The van der Waals surface area contributed by atoms with E-state index in [1.54, 1.807) is 0 Å². The van der Waals surface area contributed by atoms with Crippen LogP contribution in [0.2, 0.25) is 0 Å². The van der Waals surface area contributed by atoms with Gasteiger partial charge in [0.1, 0.15) is 0 Å². The normalized spacial score (nSPS) is 9.51. The number of hydrogen-bond donors (Lipinski definition) is 12. The molecule has 0 aliphatic rings. The maximum Gasteiger partial charge on any atom is 3.00 e. The first-order valence-corrected chi connectivity index (χ1v) is 20.8. The first-order chi connectivity index (χ1) is 30.1. The van der Waals surface area contributed by atoms with Crippen LogP contribution in [0.1, 0.15) is 88.9 Å². The molecule has 0 spiro atoms. The number of benzene rings is 3. The molecule has 3 aromatic carbocycles. The summed E-state index contributed by atoms with van der Waals surface area (Å²) < 4.78 is 0. The Morgan fingerprint density at radius 3 is 0.723 bits per heavy atom. The van der Waals surface area contributed by atoms with Gasteiger partial charge in [0.2, 0.25) is 17.7 Å². The van der Waals surface area contributed by atoms with Gasteiger partial charge in [-0.1, -0.05) is 54.6 Å². The van der Waals surface area contributed by atoms with Crippen molar-refractivity contribution < 1.29 is 79.2 Å². The molecule has 0 saturated heterocycles. The monoisotopic (exact) mass is 1000 g/mol. The molecule has 23 heteroatoms. The van der Waals surface area contributed by atoms with E-state index in [1.165, 1.54) is 55.7 Å². The Morgan fingerprint density at radius 2 is 0.554 bits per heavy atom. The summed E-state index contributed by atoms with van der Waals surface area (Å²) in [6, 6.07) is 10.9. The molecule has 2 radical (unpaired) electrons. The van der Waals surface area contributed by atoms with Gasteiger partial charge in [-0.25, -0.2) is 0 Å². The third-order valence-corrected chi connectivity index (χ3v) is 7.83. The zero-order valence-corrected chi connectivity index (χ0v) is 39.3. The van der Waals surface area contributed by atoms with E-state index < -0.39 is 52.2 Å². The van der Waals surface area contributed by atoms with Crippen LogP contribution in [0.15, 0.2) is 54.6 Å². The van der Waals surface area contributed by atoms with Gasteiger partial charge < -0.3 is 98.2 Å². The quantitative estimate of drug-likeness (QED) is 0.0299. The summed E-state index contributed by atoms with van der Waals surface area (Å²) in [5.41, 5.74) is 45.6. The summed E-state index contributed by atoms with van der Waals surface area (Å²) in [4.78, 5) is 31.4. The van der Waals surface area contributed by atoms with Gasteiger partial charge in [-0.3, -0.25) is 14.4 Å². The summed E-state index contributed by atoms with van der Waals surface area (Å²) in [6.07, 6.45) is 10.1. The first kappa shape index (κ1) is 69.6. The Kier molecular flexibility index (Phi) is 52.4. The molecule has 3 aromatic rings. The summed E-state index contributed by atoms with van der Waals surface area (Å²) in [7, 11) is 0. The van der Waals surface area contributed by atoms with Crippen LogP contribution >= 0.6 is 0 Å². The number of nitrogens with two attached hydrogens (primary N) is 9. The molecule has 0 aromatic heterocycles. The van der Waals surface area contributed by atoms with E-state index in [0.717, 1.165) is 135 Å². The Bertz CT molecular complexity index is 1410. The molecule has 0 bridgehead atoms. The number of primary amides is 3. The minimum atomic E-state index is -0.868. The van der Waals surface area contributed by atoms with Gasteiger partial charge in [0.25, 0.3) is 0 Å². The number of para-hydroxylation sites is 3. The van der Waals surface area contributed by atoms with E-state index in [9.17, 15) is 45.0 Å². The van der Waals surface area contributed by atoms with E-state index in [4.69, 9.17) is 51.6 Å². The van der Waals surface area contributed by atoms with Crippen molar-refractivity contribution in [3.63, 3.8) is 0 Å². The third-order valence-electron chi connectivity index (χ3n) is 7.83. The molecule has 3 amide bonds. The SMILES string of the molecule is NC(=O)c1cccc([O-])c1[O-].NC(=O)c1cccc([O-])c1[O-].NC(=O)c1cccc([O-])c1[O-].NCCCCNCCCN.NCCCCNCCCN.NCCCCNCCCN.[Fe+3].[Fe+3]. The number of amides is 3. The average Bonchev–Trinajstić information content (AvgIpc) is 3.25. The van der Waals surface area contributed by atoms with Crippen LogP contribution in [0.4, 0.5) is 0 Å². The second-order valence-corrected chi connectivity index (χ2v) is 13.2. The van der Waals surface area contributed by atoms with Gasteiger partial charge >= 0.3 is 34.1 Å². The molecule has 0 saturated carbocycles. The fraction of sp³-hybridized carbons (Fsp3) is 0.500. The predicted molar refractivity (Wildman–Crippen MR) is 236 cm³/mol. The summed E-state index contributed by atoms with van der Waals surface area (Å²) in [5.74, 6) is -7.22. The second kappa shape index (κ2) is 49.0. The Balaban J connectivity index is -0.000000220. The summed E-state index contributed by atoms with van der Waals surface area (Å²) in [6.45, 7) is 11.1. The minimum absolute atomic E-state index is 0. The maximum absolute atomic E-state index is 10.8. The smallest absolute Gasteiger partial charge is 0.873 e. The van der Waals surface area contributed by atoms with E-state index in [0.29, 0.717) is 0 Å². The van der Waals surface area contributed by atoms with Gasteiger partial charge in [-0.15, -0.1) is 34.5 Å². The third kappa shape index (κ3) is 39.6. The zero-order valence-electron chi connectivity index (χ0n) is 37.1. The standard InChI is InChI=1S/3C7H19N3.3C7H7NO3.2Fe/c3*8-4-1-2-6-10-7-3-5-9;3*8-7(11)4-2-1-3-5(9)6(4)10;;/h3*10H,1-9H2;3*1-3,9-10H,(H2,8,11);;/q;;;;;;2*+3/p-6. The number of carbonyl (C=O) groups excluding carboxylic acids is 3. The van der Waals surface area contributed by atoms with Crippen molar-refractivity contribution in [2.24, 2.45) is 51.6 Å². The van der Waals surface area contributed by atoms with Crippen LogP contribution in [0.25, 0.3) is 0 Å². The van der Waals surface area contributed by atoms with Crippen LogP contribution in [-0.4, -0.2) is 96.3 Å². The second-order valence-electron chi connectivity index (χ2n) is 13.2. The molecule has 0 fully saturated rings. The van der Waals surface area contributed by atoms with Crippen LogP contribution < -0.4 is 98.2 Å². The number of carbonyl (C=O) groups is 3. The van der Waals surface area contributed by atoms with Crippen molar-refractivity contribution in [1.82, 2.24) is 16.0 Å². The molecule has 65 heavy (non-hydrogen) atoms. The molecule has 21 N–H and O–H groups in total. The van der Waals surface area contributed by atoms with E-state index in [-0.39, 0.29) is 50.8 Å². The number of hydrogen-bond acceptors (Lipinski definition) is 18. The van der Waals surface area contributed by atoms with Gasteiger partial charge in [-0.2, -0.15) is 0 Å². The first-order valence-electron chi connectivity index (χ1n) is 20.8.